The third kappa shape index (κ3) is 4.75. The molecule has 0 radical (unpaired) electrons. The number of sulfonamides is 1. The lowest BCUT2D eigenvalue weighted by atomic mass is 10.1. The summed E-state index contributed by atoms with van der Waals surface area (Å²) in [5.74, 6) is -0.579. The van der Waals surface area contributed by atoms with Crippen LogP contribution in [0.1, 0.15) is 21.5 Å². The van der Waals surface area contributed by atoms with Crippen LogP contribution in [0, 0.1) is 11.3 Å². The van der Waals surface area contributed by atoms with Crippen LogP contribution >= 0.6 is 0 Å². The van der Waals surface area contributed by atoms with E-state index in [-0.39, 0.29) is 22.8 Å². The van der Waals surface area contributed by atoms with Crippen molar-refractivity contribution in [3.05, 3.63) is 95.6 Å². The van der Waals surface area contributed by atoms with E-state index in [1.165, 1.54) is 18.2 Å². The van der Waals surface area contributed by atoms with Crippen LogP contribution in [0.3, 0.4) is 0 Å². The van der Waals surface area contributed by atoms with Crippen molar-refractivity contribution in [3.8, 4) is 6.07 Å². The Hall–Kier alpha value is -3.63. The number of hydrogen-bond acceptors (Lipinski definition) is 5. The number of rotatable bonds is 6. The number of carbonyl (C=O) groups is 1. The lowest BCUT2D eigenvalue weighted by molar-refractivity contribution is 0.0472. The van der Waals surface area contributed by atoms with Crippen LogP contribution in [0.5, 0.6) is 0 Å². The summed E-state index contributed by atoms with van der Waals surface area (Å²) in [6, 6.07) is 22.7. The Kier molecular flexibility index (Phi) is 5.72. The molecule has 0 aliphatic carbocycles. The van der Waals surface area contributed by atoms with E-state index in [0.717, 1.165) is 5.56 Å². The zero-order valence-electron chi connectivity index (χ0n) is 14.7. The number of nitrogens with one attached hydrogen (secondary N) is 1. The van der Waals surface area contributed by atoms with Crippen LogP contribution in [-0.4, -0.2) is 14.4 Å². The second-order valence-electron chi connectivity index (χ2n) is 5.88. The maximum absolute atomic E-state index is 12.4. The molecule has 0 atom stereocenters. The van der Waals surface area contributed by atoms with Gasteiger partial charge in [-0.05, 0) is 48.0 Å². The molecule has 0 aliphatic heterocycles. The molecule has 0 aromatic heterocycles. The first-order valence-electron chi connectivity index (χ1n) is 8.32. The predicted octanol–water partition coefficient (Wildman–Crippen LogP) is 3.72. The number of hydrogen-bond donors (Lipinski definition) is 1. The van der Waals surface area contributed by atoms with Crippen LogP contribution in [0.2, 0.25) is 0 Å². The summed E-state index contributed by atoms with van der Waals surface area (Å²) in [7, 11) is -3.75. The summed E-state index contributed by atoms with van der Waals surface area (Å²) in [6.45, 7) is 0.0461. The van der Waals surface area contributed by atoms with Crippen LogP contribution in [0.25, 0.3) is 0 Å². The van der Waals surface area contributed by atoms with Crippen molar-refractivity contribution in [2.75, 3.05) is 4.72 Å². The Balaban J connectivity index is 1.68. The highest BCUT2D eigenvalue weighted by molar-refractivity contribution is 7.92. The van der Waals surface area contributed by atoms with Gasteiger partial charge >= 0.3 is 5.97 Å². The van der Waals surface area contributed by atoms with Gasteiger partial charge in [0, 0.05) is 5.69 Å². The second kappa shape index (κ2) is 8.37. The number of nitriles is 1. The fraction of sp³-hybridized carbons (Fsp3) is 0.0476. The summed E-state index contributed by atoms with van der Waals surface area (Å²) in [6.07, 6.45) is 0. The topological polar surface area (TPSA) is 96.3 Å². The molecule has 0 aliphatic rings. The fourth-order valence-electron chi connectivity index (χ4n) is 2.43. The van der Waals surface area contributed by atoms with E-state index in [2.05, 4.69) is 4.72 Å². The molecule has 0 saturated heterocycles. The normalized spacial score (nSPS) is 10.7. The molecule has 7 heteroatoms. The first-order chi connectivity index (χ1) is 13.5. The van der Waals surface area contributed by atoms with Gasteiger partial charge in [0.25, 0.3) is 10.0 Å². The standard InChI is InChI=1S/C21H16N2O4S/c22-14-16-9-11-17(12-10-16)15-27-21(24)18-5-4-6-19(13-18)23-28(25,26)20-7-2-1-3-8-20/h1-13,23H,15H2. The van der Waals surface area contributed by atoms with Crippen molar-refractivity contribution in [1.82, 2.24) is 0 Å². The largest absolute Gasteiger partial charge is 0.457 e. The average molecular weight is 392 g/mol. The van der Waals surface area contributed by atoms with Gasteiger partial charge in [-0.1, -0.05) is 36.4 Å². The van der Waals surface area contributed by atoms with E-state index < -0.39 is 16.0 Å². The summed E-state index contributed by atoms with van der Waals surface area (Å²) >= 11 is 0. The zero-order valence-corrected chi connectivity index (χ0v) is 15.5. The van der Waals surface area contributed by atoms with Gasteiger partial charge in [-0.2, -0.15) is 5.26 Å². The first kappa shape index (κ1) is 19.1. The van der Waals surface area contributed by atoms with Crippen LogP contribution in [0.15, 0.2) is 83.8 Å². The van der Waals surface area contributed by atoms with Gasteiger partial charge in [-0.25, -0.2) is 13.2 Å². The number of carbonyl (C=O) groups excluding carboxylic acids is 1. The molecule has 6 nitrogen and oxygen atoms in total. The highest BCUT2D eigenvalue weighted by atomic mass is 32.2. The highest BCUT2D eigenvalue weighted by Gasteiger charge is 2.15. The number of ether oxygens (including phenoxy) is 1. The maximum atomic E-state index is 12.4. The minimum Gasteiger partial charge on any atom is -0.457 e. The Bertz CT molecular complexity index is 1120. The smallest absolute Gasteiger partial charge is 0.338 e. The number of esters is 1. The Morgan fingerprint density at radius 2 is 1.68 bits per heavy atom. The maximum Gasteiger partial charge on any atom is 0.338 e. The van der Waals surface area contributed by atoms with Crippen LogP contribution in [0.4, 0.5) is 5.69 Å². The molecule has 3 aromatic carbocycles. The van der Waals surface area contributed by atoms with Crippen molar-refractivity contribution >= 4 is 21.7 Å². The Labute approximate surface area is 163 Å². The fourth-order valence-corrected chi connectivity index (χ4v) is 3.50. The van der Waals surface area contributed by atoms with Crippen molar-refractivity contribution < 1.29 is 17.9 Å². The third-order valence-electron chi connectivity index (χ3n) is 3.86. The molecule has 0 heterocycles. The van der Waals surface area contributed by atoms with E-state index in [4.69, 9.17) is 10.00 Å². The molecule has 0 bridgehead atoms. The predicted molar refractivity (Wildman–Crippen MR) is 104 cm³/mol. The summed E-state index contributed by atoms with van der Waals surface area (Å²) in [5, 5.41) is 8.79. The van der Waals surface area contributed by atoms with E-state index in [9.17, 15) is 13.2 Å². The number of anilines is 1. The molecule has 1 N–H and O–H groups in total. The van der Waals surface area contributed by atoms with E-state index >= 15 is 0 Å². The van der Waals surface area contributed by atoms with Gasteiger partial charge in [-0.3, -0.25) is 4.72 Å². The minimum atomic E-state index is -3.75. The molecular formula is C21H16N2O4S. The highest BCUT2D eigenvalue weighted by Crippen LogP contribution is 2.18. The molecule has 28 heavy (non-hydrogen) atoms. The van der Waals surface area contributed by atoms with E-state index in [0.29, 0.717) is 5.56 Å². The van der Waals surface area contributed by atoms with Gasteiger partial charge in [0.2, 0.25) is 0 Å². The van der Waals surface area contributed by atoms with E-state index in [1.54, 1.807) is 60.7 Å². The van der Waals surface area contributed by atoms with Gasteiger partial charge in [0.05, 0.1) is 22.1 Å². The van der Waals surface area contributed by atoms with Crippen molar-refractivity contribution in [2.24, 2.45) is 0 Å². The lowest BCUT2D eigenvalue weighted by Gasteiger charge is -2.10. The minimum absolute atomic E-state index is 0.0461. The van der Waals surface area contributed by atoms with E-state index in [1.807, 2.05) is 6.07 Å². The molecular weight excluding hydrogens is 376 g/mol. The van der Waals surface area contributed by atoms with Crippen LogP contribution in [-0.2, 0) is 21.4 Å². The Morgan fingerprint density at radius 1 is 0.964 bits per heavy atom. The molecule has 0 amide bonds. The van der Waals surface area contributed by atoms with Crippen molar-refractivity contribution in [1.29, 1.82) is 5.26 Å². The van der Waals surface area contributed by atoms with Gasteiger partial charge in [0.15, 0.2) is 0 Å². The molecule has 0 spiro atoms. The summed E-state index contributed by atoms with van der Waals surface area (Å²) in [5.41, 5.74) is 1.75. The van der Waals surface area contributed by atoms with Crippen LogP contribution < -0.4 is 4.72 Å². The molecule has 140 valence electrons. The molecule has 3 rings (SSSR count). The monoisotopic (exact) mass is 392 g/mol. The van der Waals surface area contributed by atoms with Gasteiger partial charge < -0.3 is 4.74 Å². The quantitative estimate of drug-likeness (QED) is 0.645. The third-order valence-corrected chi connectivity index (χ3v) is 5.25. The average Bonchev–Trinajstić information content (AvgIpc) is 2.73. The number of benzene rings is 3. The molecule has 3 aromatic rings. The number of nitrogens with zero attached hydrogens (tertiary/aromatic N) is 1. The van der Waals surface area contributed by atoms with Crippen molar-refractivity contribution in [2.45, 2.75) is 11.5 Å². The molecule has 0 unspecified atom stereocenters. The Morgan fingerprint density at radius 3 is 2.36 bits per heavy atom. The zero-order chi connectivity index (χ0) is 20.0. The summed E-state index contributed by atoms with van der Waals surface area (Å²) in [4.78, 5) is 12.4. The first-order valence-corrected chi connectivity index (χ1v) is 9.80. The second-order valence-corrected chi connectivity index (χ2v) is 7.57. The van der Waals surface area contributed by atoms with Crippen molar-refractivity contribution in [3.63, 3.8) is 0 Å². The van der Waals surface area contributed by atoms with Gasteiger partial charge in [0.1, 0.15) is 6.61 Å². The molecule has 0 saturated carbocycles. The van der Waals surface area contributed by atoms with Gasteiger partial charge in [-0.15, -0.1) is 0 Å². The lowest BCUT2D eigenvalue weighted by Crippen LogP contribution is -2.13. The summed E-state index contributed by atoms with van der Waals surface area (Å²) < 4.78 is 32.5. The molecule has 0 fully saturated rings. The SMILES string of the molecule is N#Cc1ccc(COC(=O)c2cccc(NS(=O)(=O)c3ccccc3)c2)cc1.